The van der Waals surface area contributed by atoms with Crippen LogP contribution in [0.2, 0.25) is 0 Å². The van der Waals surface area contributed by atoms with Gasteiger partial charge in [0.15, 0.2) is 0 Å². The first kappa shape index (κ1) is 9.86. The van der Waals surface area contributed by atoms with Gasteiger partial charge in [0.05, 0.1) is 6.04 Å². The lowest BCUT2D eigenvalue weighted by Crippen LogP contribution is -2.30. The number of carbonyl (C=O) groups is 1. The van der Waals surface area contributed by atoms with Gasteiger partial charge in [-0.25, -0.2) is 4.39 Å². The van der Waals surface area contributed by atoms with E-state index in [-0.39, 0.29) is 11.6 Å². The number of hydrogen-bond acceptors (Lipinski definition) is 2. The monoisotopic (exact) mass is 181 g/mol. The molecule has 1 aromatic carbocycles. The van der Waals surface area contributed by atoms with Gasteiger partial charge in [0.25, 0.3) is 0 Å². The Hall–Kier alpha value is -1.22. The number of halogens is 1. The Kier molecular flexibility index (Phi) is 3.14. The van der Waals surface area contributed by atoms with Crippen molar-refractivity contribution in [3.63, 3.8) is 0 Å². The molecule has 2 N–H and O–H groups in total. The van der Waals surface area contributed by atoms with Crippen LogP contribution >= 0.6 is 0 Å². The summed E-state index contributed by atoms with van der Waals surface area (Å²) in [4.78, 5) is 10.8. The normalized spacial score (nSPS) is 12.5. The van der Waals surface area contributed by atoms with Gasteiger partial charge in [0.2, 0.25) is 0 Å². The maximum Gasteiger partial charge on any atom is 0.146 e. The smallest absolute Gasteiger partial charge is 0.146 e. The third-order valence-corrected chi connectivity index (χ3v) is 1.87. The molecule has 13 heavy (non-hydrogen) atoms. The van der Waals surface area contributed by atoms with E-state index in [1.54, 1.807) is 12.1 Å². The van der Waals surface area contributed by atoms with Crippen LogP contribution in [-0.2, 0) is 11.2 Å². The number of carbonyl (C=O) groups excluding carboxylic acids is 1. The first-order valence-electron chi connectivity index (χ1n) is 4.10. The molecule has 0 aliphatic rings. The number of nitrogens with two attached hydrogens (primary N) is 1. The molecule has 0 heterocycles. The zero-order chi connectivity index (χ0) is 9.84. The highest BCUT2D eigenvalue weighted by atomic mass is 19.1. The Labute approximate surface area is 76.6 Å². The van der Waals surface area contributed by atoms with Crippen LogP contribution < -0.4 is 5.73 Å². The minimum Gasteiger partial charge on any atom is -0.321 e. The van der Waals surface area contributed by atoms with Crippen molar-refractivity contribution in [2.45, 2.75) is 19.4 Å². The molecular formula is C10H12FNO. The summed E-state index contributed by atoms with van der Waals surface area (Å²) < 4.78 is 12.7. The van der Waals surface area contributed by atoms with Crippen molar-refractivity contribution in [3.05, 3.63) is 35.6 Å². The van der Waals surface area contributed by atoms with Gasteiger partial charge in [-0.2, -0.15) is 0 Å². The van der Waals surface area contributed by atoms with Gasteiger partial charge in [0, 0.05) is 0 Å². The van der Waals surface area contributed by atoms with Crippen molar-refractivity contribution >= 4 is 5.78 Å². The quantitative estimate of drug-likeness (QED) is 0.763. The summed E-state index contributed by atoms with van der Waals surface area (Å²) in [5.74, 6) is -0.377. The van der Waals surface area contributed by atoms with E-state index in [1.807, 2.05) is 0 Å². The highest BCUT2D eigenvalue weighted by molar-refractivity contribution is 5.81. The largest absolute Gasteiger partial charge is 0.321 e. The number of benzene rings is 1. The second kappa shape index (κ2) is 4.14. The van der Waals surface area contributed by atoms with Gasteiger partial charge in [0.1, 0.15) is 11.6 Å². The molecule has 0 amide bonds. The first-order valence-corrected chi connectivity index (χ1v) is 4.10. The average molecular weight is 181 g/mol. The Morgan fingerprint density at radius 3 is 2.85 bits per heavy atom. The van der Waals surface area contributed by atoms with Crippen molar-refractivity contribution in [1.82, 2.24) is 0 Å². The number of hydrogen-bond donors (Lipinski definition) is 1. The molecule has 0 spiro atoms. The second-order valence-electron chi connectivity index (χ2n) is 3.05. The molecular weight excluding hydrogens is 169 g/mol. The lowest BCUT2D eigenvalue weighted by molar-refractivity contribution is -0.118. The van der Waals surface area contributed by atoms with E-state index in [0.29, 0.717) is 6.42 Å². The molecule has 2 nitrogen and oxygen atoms in total. The molecule has 0 saturated carbocycles. The molecule has 3 heteroatoms. The number of ketones is 1. The van der Waals surface area contributed by atoms with Crippen LogP contribution in [0.5, 0.6) is 0 Å². The fraction of sp³-hybridized carbons (Fsp3) is 0.300. The van der Waals surface area contributed by atoms with Crippen molar-refractivity contribution in [1.29, 1.82) is 0 Å². The standard InChI is InChI=1S/C10H12FNO/c1-7(13)10(12)6-8-3-2-4-9(11)5-8/h2-5,10H,6,12H2,1H3/t10-/m1/s1. The third kappa shape index (κ3) is 2.95. The first-order chi connectivity index (χ1) is 6.09. The van der Waals surface area contributed by atoms with E-state index < -0.39 is 6.04 Å². The average Bonchev–Trinajstić information content (AvgIpc) is 2.04. The van der Waals surface area contributed by atoms with Crippen LogP contribution in [0.3, 0.4) is 0 Å². The molecule has 0 aliphatic carbocycles. The van der Waals surface area contributed by atoms with Crippen LogP contribution in [-0.4, -0.2) is 11.8 Å². The van der Waals surface area contributed by atoms with Gasteiger partial charge in [-0.15, -0.1) is 0 Å². The minimum atomic E-state index is -0.526. The van der Waals surface area contributed by atoms with Gasteiger partial charge < -0.3 is 5.73 Å². The molecule has 0 unspecified atom stereocenters. The van der Waals surface area contributed by atoms with E-state index in [0.717, 1.165) is 5.56 Å². The number of rotatable bonds is 3. The molecule has 0 radical (unpaired) electrons. The maximum atomic E-state index is 12.7. The topological polar surface area (TPSA) is 43.1 Å². The lowest BCUT2D eigenvalue weighted by atomic mass is 10.0. The fourth-order valence-corrected chi connectivity index (χ4v) is 1.06. The molecule has 0 aliphatic heterocycles. The minimum absolute atomic E-state index is 0.0794. The van der Waals surface area contributed by atoms with E-state index in [9.17, 15) is 9.18 Å². The van der Waals surface area contributed by atoms with E-state index in [2.05, 4.69) is 0 Å². The van der Waals surface area contributed by atoms with Crippen LogP contribution in [0.1, 0.15) is 12.5 Å². The van der Waals surface area contributed by atoms with Gasteiger partial charge in [-0.05, 0) is 31.0 Å². The fourth-order valence-electron chi connectivity index (χ4n) is 1.06. The van der Waals surface area contributed by atoms with Crippen molar-refractivity contribution in [2.75, 3.05) is 0 Å². The Bertz CT molecular complexity index is 312. The molecule has 1 rings (SSSR count). The SMILES string of the molecule is CC(=O)[C@H](N)Cc1cccc(F)c1. The van der Waals surface area contributed by atoms with Crippen LogP contribution in [0.4, 0.5) is 4.39 Å². The summed E-state index contributed by atoms with van der Waals surface area (Å²) in [6.45, 7) is 1.43. The van der Waals surface area contributed by atoms with Crippen LogP contribution in [0.25, 0.3) is 0 Å². The Morgan fingerprint density at radius 2 is 2.31 bits per heavy atom. The van der Waals surface area contributed by atoms with E-state index in [1.165, 1.54) is 19.1 Å². The highest BCUT2D eigenvalue weighted by Crippen LogP contribution is 2.05. The molecule has 0 saturated heterocycles. The predicted octanol–water partition coefficient (Wildman–Crippen LogP) is 1.28. The molecule has 0 aromatic heterocycles. The summed E-state index contributed by atoms with van der Waals surface area (Å²) in [5.41, 5.74) is 6.28. The summed E-state index contributed by atoms with van der Waals surface area (Å²) in [5, 5.41) is 0. The molecule has 1 atom stereocenters. The molecule has 70 valence electrons. The van der Waals surface area contributed by atoms with Gasteiger partial charge in [-0.1, -0.05) is 12.1 Å². The van der Waals surface area contributed by atoms with Crippen molar-refractivity contribution < 1.29 is 9.18 Å². The van der Waals surface area contributed by atoms with E-state index in [4.69, 9.17) is 5.73 Å². The van der Waals surface area contributed by atoms with Crippen LogP contribution in [0, 0.1) is 5.82 Å². The summed E-state index contributed by atoms with van der Waals surface area (Å²) >= 11 is 0. The zero-order valence-electron chi connectivity index (χ0n) is 7.46. The van der Waals surface area contributed by atoms with Crippen molar-refractivity contribution in [3.8, 4) is 0 Å². The van der Waals surface area contributed by atoms with E-state index >= 15 is 0 Å². The third-order valence-electron chi connectivity index (χ3n) is 1.87. The number of Topliss-reactive ketones (excluding diaryl/α,β-unsaturated/α-hetero) is 1. The Morgan fingerprint density at radius 1 is 1.62 bits per heavy atom. The van der Waals surface area contributed by atoms with Gasteiger partial charge in [-0.3, -0.25) is 4.79 Å². The highest BCUT2D eigenvalue weighted by Gasteiger charge is 2.08. The second-order valence-corrected chi connectivity index (χ2v) is 3.05. The molecule has 0 bridgehead atoms. The molecule has 0 fully saturated rings. The zero-order valence-corrected chi connectivity index (χ0v) is 7.46. The van der Waals surface area contributed by atoms with Crippen LogP contribution in [0.15, 0.2) is 24.3 Å². The Balaban J connectivity index is 2.69. The predicted molar refractivity (Wildman–Crippen MR) is 48.8 cm³/mol. The van der Waals surface area contributed by atoms with Gasteiger partial charge >= 0.3 is 0 Å². The summed E-state index contributed by atoms with van der Waals surface area (Å²) in [6.07, 6.45) is 0.396. The summed E-state index contributed by atoms with van der Waals surface area (Å²) in [7, 11) is 0. The maximum absolute atomic E-state index is 12.7. The molecule has 1 aromatic rings. The lowest BCUT2D eigenvalue weighted by Gasteiger charge is -2.06. The summed E-state index contributed by atoms with van der Waals surface area (Å²) in [6, 6.07) is 5.59. The van der Waals surface area contributed by atoms with Crippen molar-refractivity contribution in [2.24, 2.45) is 5.73 Å².